The van der Waals surface area contributed by atoms with E-state index in [0.29, 0.717) is 42.3 Å². The number of hydrogen-bond donors (Lipinski definition) is 0. The molecule has 2 heterocycles. The minimum atomic E-state index is -0.239. The van der Waals surface area contributed by atoms with Gasteiger partial charge in [-0.2, -0.15) is 0 Å². The number of nitrogens with zero attached hydrogens (tertiary/aromatic N) is 3. The number of fused-ring (bicyclic) bond motifs is 1. The van der Waals surface area contributed by atoms with Gasteiger partial charge in [0.05, 0.1) is 11.1 Å². The van der Waals surface area contributed by atoms with Crippen LogP contribution >= 0.6 is 0 Å². The Labute approximate surface area is 150 Å². The average Bonchev–Trinajstić information content (AvgIpc) is 3.21. The summed E-state index contributed by atoms with van der Waals surface area (Å²) in [6.07, 6.45) is 1.08. The molecule has 1 aliphatic heterocycles. The van der Waals surface area contributed by atoms with E-state index in [1.54, 1.807) is 24.3 Å². The second kappa shape index (κ2) is 6.55. The van der Waals surface area contributed by atoms with Gasteiger partial charge in [-0.25, -0.2) is 0 Å². The van der Waals surface area contributed by atoms with Crippen LogP contribution in [0.5, 0.6) is 0 Å². The quantitative estimate of drug-likeness (QED) is 0.662. The lowest BCUT2D eigenvalue weighted by Gasteiger charge is -2.12. The maximum absolute atomic E-state index is 12.3. The molecule has 1 aliphatic rings. The topological polar surface area (TPSA) is 76.3 Å². The largest absolute Gasteiger partial charge is 0.421 e. The Morgan fingerprint density at radius 2 is 1.50 bits per heavy atom. The zero-order chi connectivity index (χ0) is 18.1. The highest BCUT2D eigenvalue weighted by Crippen LogP contribution is 2.24. The summed E-state index contributed by atoms with van der Waals surface area (Å²) in [5, 5.41) is 8.17. The van der Waals surface area contributed by atoms with E-state index in [0.717, 1.165) is 11.1 Å². The van der Waals surface area contributed by atoms with Crippen LogP contribution in [0.2, 0.25) is 0 Å². The summed E-state index contributed by atoms with van der Waals surface area (Å²) >= 11 is 0. The van der Waals surface area contributed by atoms with Gasteiger partial charge in [-0.15, -0.1) is 10.2 Å². The molecule has 0 N–H and O–H groups in total. The van der Waals surface area contributed by atoms with E-state index in [9.17, 15) is 9.59 Å². The van der Waals surface area contributed by atoms with Crippen LogP contribution in [0.3, 0.4) is 0 Å². The van der Waals surface area contributed by atoms with Crippen LogP contribution < -0.4 is 0 Å². The molecule has 3 aromatic rings. The van der Waals surface area contributed by atoms with Gasteiger partial charge in [0.15, 0.2) is 0 Å². The Hall–Kier alpha value is -3.28. The predicted molar refractivity (Wildman–Crippen MR) is 94.6 cm³/mol. The molecule has 0 saturated carbocycles. The predicted octanol–water partition coefficient (Wildman–Crippen LogP) is 3.27. The van der Waals surface area contributed by atoms with Crippen LogP contribution in [0.4, 0.5) is 0 Å². The molecule has 0 radical (unpaired) electrons. The fraction of sp³-hybridized carbons (Fsp3) is 0.200. The third-order valence-electron chi connectivity index (χ3n) is 4.49. The van der Waals surface area contributed by atoms with Crippen molar-refractivity contribution in [3.05, 3.63) is 71.1 Å². The third-order valence-corrected chi connectivity index (χ3v) is 4.49. The molecule has 2 aromatic carbocycles. The maximum Gasteiger partial charge on any atom is 0.261 e. The molecule has 26 heavy (non-hydrogen) atoms. The molecule has 0 aliphatic carbocycles. The number of rotatable bonds is 5. The third kappa shape index (κ3) is 2.79. The fourth-order valence-electron chi connectivity index (χ4n) is 3.11. The Kier molecular flexibility index (Phi) is 4.08. The molecule has 0 unspecified atom stereocenters. The number of aromatic nitrogens is 2. The number of carbonyl (C=O) groups excluding carboxylic acids is 2. The first-order valence-corrected chi connectivity index (χ1v) is 8.49. The smallest absolute Gasteiger partial charge is 0.261 e. The molecular weight excluding hydrogens is 330 g/mol. The van der Waals surface area contributed by atoms with E-state index in [2.05, 4.69) is 10.2 Å². The van der Waals surface area contributed by atoms with Gasteiger partial charge in [0.25, 0.3) is 11.8 Å². The summed E-state index contributed by atoms with van der Waals surface area (Å²) in [7, 11) is 0. The molecule has 0 bridgehead atoms. The summed E-state index contributed by atoms with van der Waals surface area (Å²) < 4.78 is 5.72. The van der Waals surface area contributed by atoms with Crippen molar-refractivity contribution in [2.24, 2.45) is 0 Å². The lowest BCUT2D eigenvalue weighted by Crippen LogP contribution is -2.30. The van der Waals surface area contributed by atoms with Crippen molar-refractivity contribution in [2.45, 2.75) is 19.8 Å². The monoisotopic (exact) mass is 347 g/mol. The molecule has 6 heteroatoms. The highest BCUT2D eigenvalue weighted by Gasteiger charge is 2.34. The van der Waals surface area contributed by atoms with Crippen molar-refractivity contribution >= 4 is 11.8 Å². The molecular formula is C20H17N3O3. The summed E-state index contributed by atoms with van der Waals surface area (Å²) in [6.45, 7) is 2.32. The molecule has 1 aromatic heterocycles. The zero-order valence-electron chi connectivity index (χ0n) is 14.3. The Balaban J connectivity index is 1.40. The van der Waals surface area contributed by atoms with Gasteiger partial charge in [-0.1, -0.05) is 30.3 Å². The molecule has 4 rings (SSSR count). The van der Waals surface area contributed by atoms with Crippen molar-refractivity contribution in [3.8, 4) is 11.5 Å². The van der Waals surface area contributed by atoms with Crippen molar-refractivity contribution < 1.29 is 14.0 Å². The molecule has 0 fully saturated rings. The maximum atomic E-state index is 12.3. The van der Waals surface area contributed by atoms with Crippen LogP contribution in [0.1, 0.15) is 38.6 Å². The summed E-state index contributed by atoms with van der Waals surface area (Å²) in [5.41, 5.74) is 2.91. The first-order valence-electron chi connectivity index (χ1n) is 8.49. The number of carbonyl (C=O) groups is 2. The van der Waals surface area contributed by atoms with Crippen molar-refractivity contribution in [1.29, 1.82) is 0 Å². The van der Waals surface area contributed by atoms with Crippen LogP contribution in [-0.4, -0.2) is 33.5 Å². The normalized spacial score (nSPS) is 13.3. The van der Waals surface area contributed by atoms with Gasteiger partial charge >= 0.3 is 0 Å². The van der Waals surface area contributed by atoms with E-state index in [-0.39, 0.29) is 11.8 Å². The van der Waals surface area contributed by atoms with Gasteiger partial charge in [-0.05, 0) is 37.1 Å². The Morgan fingerprint density at radius 1 is 0.885 bits per heavy atom. The number of benzene rings is 2. The zero-order valence-corrected chi connectivity index (χ0v) is 14.3. The molecule has 0 spiro atoms. The highest BCUT2D eigenvalue weighted by molar-refractivity contribution is 6.21. The van der Waals surface area contributed by atoms with Gasteiger partial charge in [0, 0.05) is 18.5 Å². The van der Waals surface area contributed by atoms with E-state index >= 15 is 0 Å². The average molecular weight is 347 g/mol. The number of amides is 2. The second-order valence-corrected chi connectivity index (χ2v) is 6.23. The fourth-order valence-corrected chi connectivity index (χ4v) is 3.11. The minimum absolute atomic E-state index is 0.239. The molecule has 130 valence electrons. The summed E-state index contributed by atoms with van der Waals surface area (Å²) in [5.74, 6) is 0.507. The Bertz CT molecular complexity index is 958. The lowest BCUT2D eigenvalue weighted by atomic mass is 10.1. The van der Waals surface area contributed by atoms with E-state index in [1.165, 1.54) is 4.90 Å². The minimum Gasteiger partial charge on any atom is -0.421 e. The standard InChI is InChI=1S/C20H17N3O3/c1-13-7-2-3-8-14(13)18-22-21-17(26-18)11-6-12-23-19(24)15-9-4-5-10-16(15)20(23)25/h2-5,7-10H,6,11-12H2,1H3. The molecule has 6 nitrogen and oxygen atoms in total. The van der Waals surface area contributed by atoms with Crippen LogP contribution in [0, 0.1) is 6.92 Å². The highest BCUT2D eigenvalue weighted by atomic mass is 16.4. The second-order valence-electron chi connectivity index (χ2n) is 6.23. The van der Waals surface area contributed by atoms with Crippen LogP contribution in [0.25, 0.3) is 11.5 Å². The van der Waals surface area contributed by atoms with Crippen molar-refractivity contribution in [1.82, 2.24) is 15.1 Å². The van der Waals surface area contributed by atoms with Crippen LogP contribution in [-0.2, 0) is 6.42 Å². The first-order chi connectivity index (χ1) is 12.6. The van der Waals surface area contributed by atoms with Gasteiger partial charge in [-0.3, -0.25) is 14.5 Å². The first kappa shape index (κ1) is 16.2. The van der Waals surface area contributed by atoms with Crippen molar-refractivity contribution in [2.75, 3.05) is 6.54 Å². The number of aryl methyl sites for hydroxylation is 2. The molecule has 2 amide bonds. The molecule has 0 atom stereocenters. The summed E-state index contributed by atoms with van der Waals surface area (Å²) in [6, 6.07) is 14.7. The molecule has 0 saturated heterocycles. The van der Waals surface area contributed by atoms with Gasteiger partial charge < -0.3 is 4.42 Å². The van der Waals surface area contributed by atoms with E-state index < -0.39 is 0 Å². The number of imide groups is 1. The summed E-state index contributed by atoms with van der Waals surface area (Å²) in [4.78, 5) is 25.9. The number of hydrogen-bond acceptors (Lipinski definition) is 5. The van der Waals surface area contributed by atoms with E-state index in [4.69, 9.17) is 4.42 Å². The SMILES string of the molecule is Cc1ccccc1-c1nnc(CCCN2C(=O)c3ccccc3C2=O)o1. The van der Waals surface area contributed by atoms with Crippen molar-refractivity contribution in [3.63, 3.8) is 0 Å². The van der Waals surface area contributed by atoms with Gasteiger partial charge in [0.2, 0.25) is 11.8 Å². The van der Waals surface area contributed by atoms with E-state index in [1.807, 2.05) is 31.2 Å². The lowest BCUT2D eigenvalue weighted by molar-refractivity contribution is 0.0651. The Morgan fingerprint density at radius 3 is 2.15 bits per heavy atom. The van der Waals surface area contributed by atoms with Crippen LogP contribution in [0.15, 0.2) is 52.9 Å². The van der Waals surface area contributed by atoms with Gasteiger partial charge in [0.1, 0.15) is 0 Å².